The number of methoxy groups -OCH3 is 2. The Labute approximate surface area is 183 Å². The summed E-state index contributed by atoms with van der Waals surface area (Å²) < 4.78 is 25.6. The fourth-order valence-electron chi connectivity index (χ4n) is 4.77. The van der Waals surface area contributed by atoms with E-state index in [-0.39, 0.29) is 29.7 Å². The second-order valence-corrected chi connectivity index (χ2v) is 8.61. The molecular weight excluding hydrogens is 395 g/mol. The van der Waals surface area contributed by atoms with E-state index < -0.39 is 0 Å². The van der Waals surface area contributed by atoms with Crippen molar-refractivity contribution in [1.82, 2.24) is 5.32 Å². The number of carbonyl (C=O) groups excluding carboxylic acids is 1. The van der Waals surface area contributed by atoms with E-state index >= 15 is 0 Å². The second-order valence-electron chi connectivity index (χ2n) is 8.61. The van der Waals surface area contributed by atoms with Crippen LogP contribution in [0.25, 0.3) is 0 Å². The predicted molar refractivity (Wildman–Crippen MR) is 117 cm³/mol. The van der Waals surface area contributed by atoms with E-state index in [0.29, 0.717) is 23.6 Å². The molecule has 1 aliphatic carbocycles. The van der Waals surface area contributed by atoms with Crippen LogP contribution in [0.5, 0.6) is 11.5 Å². The molecule has 1 saturated carbocycles. The SMILES string of the molecule is CC[C@H](NC(=O)C1CC1)[C@@H]1c2cc(OC)c(OC)cc2CC[NH+]1Cc1ccccc1F. The van der Waals surface area contributed by atoms with Gasteiger partial charge in [-0.15, -0.1) is 0 Å². The topological polar surface area (TPSA) is 52.0 Å². The number of quaternary nitrogens is 1. The van der Waals surface area contributed by atoms with Gasteiger partial charge in [0.15, 0.2) is 11.5 Å². The molecule has 0 radical (unpaired) electrons. The van der Waals surface area contributed by atoms with Crippen molar-refractivity contribution in [3.63, 3.8) is 0 Å². The summed E-state index contributed by atoms with van der Waals surface area (Å²) in [5.41, 5.74) is 3.06. The highest BCUT2D eigenvalue weighted by atomic mass is 19.1. The standard InChI is InChI=1S/C25H31FN2O3/c1-4-21(27-25(29)16-9-10-16)24-19-14-23(31-3)22(30-2)13-17(19)11-12-28(24)15-18-7-5-6-8-20(18)26/h5-8,13-14,16,21,24H,4,9-12,15H2,1-3H3,(H,27,29)/p+1/t21-,24-/m0/s1. The van der Waals surface area contributed by atoms with Crippen LogP contribution in [0.1, 0.15) is 48.9 Å². The molecule has 2 aliphatic rings. The minimum atomic E-state index is -0.179. The predicted octanol–water partition coefficient (Wildman–Crippen LogP) is 2.83. The number of carbonyl (C=O) groups is 1. The average Bonchev–Trinajstić information content (AvgIpc) is 3.63. The fourth-order valence-corrected chi connectivity index (χ4v) is 4.77. The summed E-state index contributed by atoms with van der Waals surface area (Å²) in [5.74, 6) is 1.51. The molecule has 0 saturated heterocycles. The number of nitrogens with one attached hydrogen (secondary N) is 2. The van der Waals surface area contributed by atoms with E-state index in [1.807, 2.05) is 18.2 Å². The third-order valence-electron chi connectivity index (χ3n) is 6.63. The quantitative estimate of drug-likeness (QED) is 0.681. The van der Waals surface area contributed by atoms with Gasteiger partial charge in [-0.2, -0.15) is 0 Å². The Balaban J connectivity index is 1.72. The first-order chi connectivity index (χ1) is 15.0. The second kappa shape index (κ2) is 9.27. The first-order valence-corrected chi connectivity index (χ1v) is 11.2. The van der Waals surface area contributed by atoms with Crippen molar-refractivity contribution < 1.29 is 23.6 Å². The van der Waals surface area contributed by atoms with Crippen LogP contribution in [0.15, 0.2) is 36.4 Å². The molecule has 1 aliphatic heterocycles. The summed E-state index contributed by atoms with van der Waals surface area (Å²) in [5, 5.41) is 3.31. The zero-order valence-corrected chi connectivity index (χ0v) is 18.5. The van der Waals surface area contributed by atoms with Crippen LogP contribution >= 0.6 is 0 Å². The lowest BCUT2D eigenvalue weighted by Gasteiger charge is -2.39. The van der Waals surface area contributed by atoms with E-state index in [0.717, 1.165) is 37.8 Å². The fraction of sp³-hybridized carbons (Fsp3) is 0.480. The molecule has 0 bridgehead atoms. The van der Waals surface area contributed by atoms with Gasteiger partial charge in [0.05, 0.1) is 26.8 Å². The molecule has 0 aromatic heterocycles. The van der Waals surface area contributed by atoms with Gasteiger partial charge in [-0.25, -0.2) is 4.39 Å². The molecule has 1 unspecified atom stereocenters. The molecular formula is C25H32FN2O3+. The monoisotopic (exact) mass is 427 g/mol. The number of rotatable bonds is 8. The van der Waals surface area contributed by atoms with Gasteiger partial charge in [-0.1, -0.05) is 25.1 Å². The third-order valence-corrected chi connectivity index (χ3v) is 6.63. The minimum absolute atomic E-state index is 0.0101. The van der Waals surface area contributed by atoms with Crippen LogP contribution in [0.3, 0.4) is 0 Å². The lowest BCUT2D eigenvalue weighted by molar-refractivity contribution is -0.948. The van der Waals surface area contributed by atoms with Gasteiger partial charge in [-0.05, 0) is 43.0 Å². The Bertz CT molecular complexity index is 944. The molecule has 31 heavy (non-hydrogen) atoms. The number of hydrogen-bond donors (Lipinski definition) is 2. The number of ether oxygens (including phenoxy) is 2. The molecule has 166 valence electrons. The Hall–Kier alpha value is -2.60. The van der Waals surface area contributed by atoms with Crippen molar-refractivity contribution in [2.24, 2.45) is 5.92 Å². The highest BCUT2D eigenvalue weighted by Gasteiger charge is 2.40. The molecule has 2 N–H and O–H groups in total. The van der Waals surface area contributed by atoms with Crippen molar-refractivity contribution in [3.05, 3.63) is 58.9 Å². The number of fused-ring (bicyclic) bond motifs is 1. The van der Waals surface area contributed by atoms with Crippen molar-refractivity contribution in [1.29, 1.82) is 0 Å². The van der Waals surface area contributed by atoms with E-state index in [2.05, 4.69) is 18.3 Å². The van der Waals surface area contributed by atoms with Crippen molar-refractivity contribution in [2.45, 2.75) is 51.2 Å². The maximum absolute atomic E-state index is 14.5. The van der Waals surface area contributed by atoms with Crippen LogP contribution in [0.2, 0.25) is 0 Å². The van der Waals surface area contributed by atoms with Gasteiger partial charge in [0.1, 0.15) is 18.4 Å². The van der Waals surface area contributed by atoms with E-state index in [1.165, 1.54) is 16.5 Å². The molecule has 1 amide bonds. The third kappa shape index (κ3) is 4.54. The Morgan fingerprint density at radius 3 is 2.55 bits per heavy atom. The summed E-state index contributed by atoms with van der Waals surface area (Å²) in [6, 6.07) is 11.0. The maximum atomic E-state index is 14.5. The van der Waals surface area contributed by atoms with E-state index in [4.69, 9.17) is 9.47 Å². The van der Waals surface area contributed by atoms with Crippen molar-refractivity contribution in [2.75, 3.05) is 20.8 Å². The largest absolute Gasteiger partial charge is 0.493 e. The first kappa shape index (κ1) is 21.6. The zero-order valence-electron chi connectivity index (χ0n) is 18.5. The van der Waals surface area contributed by atoms with Crippen molar-refractivity contribution >= 4 is 5.91 Å². The summed E-state index contributed by atoms with van der Waals surface area (Å²) >= 11 is 0. The first-order valence-electron chi connectivity index (χ1n) is 11.2. The molecule has 1 fully saturated rings. The number of benzene rings is 2. The van der Waals surface area contributed by atoms with Crippen LogP contribution in [0.4, 0.5) is 4.39 Å². The minimum Gasteiger partial charge on any atom is -0.493 e. The van der Waals surface area contributed by atoms with Gasteiger partial charge in [0, 0.05) is 23.5 Å². The molecule has 4 rings (SSSR count). The molecule has 1 heterocycles. The van der Waals surface area contributed by atoms with Gasteiger partial charge in [0.25, 0.3) is 0 Å². The lowest BCUT2D eigenvalue weighted by atomic mass is 9.86. The molecule has 3 atom stereocenters. The summed E-state index contributed by atoms with van der Waals surface area (Å²) in [4.78, 5) is 13.9. The Morgan fingerprint density at radius 1 is 1.19 bits per heavy atom. The van der Waals surface area contributed by atoms with Crippen LogP contribution in [-0.4, -0.2) is 32.7 Å². The summed E-state index contributed by atoms with van der Waals surface area (Å²) in [6.07, 6.45) is 3.61. The van der Waals surface area contributed by atoms with Crippen LogP contribution in [-0.2, 0) is 17.8 Å². The van der Waals surface area contributed by atoms with Gasteiger partial charge < -0.3 is 19.7 Å². The summed E-state index contributed by atoms with van der Waals surface area (Å²) in [6.45, 7) is 3.53. The zero-order chi connectivity index (χ0) is 22.0. The van der Waals surface area contributed by atoms with Gasteiger partial charge in [-0.3, -0.25) is 4.79 Å². The highest BCUT2D eigenvalue weighted by molar-refractivity contribution is 5.81. The molecule has 0 spiro atoms. The Kier molecular flexibility index (Phi) is 6.46. The van der Waals surface area contributed by atoms with Gasteiger partial charge >= 0.3 is 0 Å². The smallest absolute Gasteiger partial charge is 0.223 e. The number of hydrogen-bond acceptors (Lipinski definition) is 3. The maximum Gasteiger partial charge on any atom is 0.223 e. The molecule has 2 aromatic carbocycles. The molecule has 2 aromatic rings. The molecule has 6 heteroatoms. The highest BCUT2D eigenvalue weighted by Crippen LogP contribution is 2.36. The normalized spacial score (nSPS) is 21.2. The number of amides is 1. The number of halogens is 1. The summed E-state index contributed by atoms with van der Waals surface area (Å²) in [7, 11) is 3.28. The van der Waals surface area contributed by atoms with E-state index in [1.54, 1.807) is 20.3 Å². The van der Waals surface area contributed by atoms with Gasteiger partial charge in [0.2, 0.25) is 5.91 Å². The Morgan fingerprint density at radius 2 is 1.90 bits per heavy atom. The van der Waals surface area contributed by atoms with Crippen LogP contribution in [0, 0.1) is 11.7 Å². The average molecular weight is 428 g/mol. The van der Waals surface area contributed by atoms with Crippen molar-refractivity contribution in [3.8, 4) is 11.5 Å². The van der Waals surface area contributed by atoms with E-state index in [9.17, 15) is 9.18 Å². The lowest BCUT2D eigenvalue weighted by Crippen LogP contribution is -3.13. The molecule has 5 nitrogen and oxygen atoms in total. The van der Waals surface area contributed by atoms with Crippen LogP contribution < -0.4 is 19.7 Å².